The van der Waals surface area contributed by atoms with Crippen molar-refractivity contribution in [2.45, 2.75) is 6.92 Å². The van der Waals surface area contributed by atoms with Gasteiger partial charge in [0.15, 0.2) is 0 Å². The first-order chi connectivity index (χ1) is 10.1. The largest absolute Gasteiger partial charge is 0.496 e. The molecule has 0 amide bonds. The molecule has 0 aromatic heterocycles. The summed E-state index contributed by atoms with van der Waals surface area (Å²) in [5, 5.41) is 11.7. The van der Waals surface area contributed by atoms with Crippen LogP contribution < -0.4 is 9.47 Å². The van der Waals surface area contributed by atoms with Crippen LogP contribution in [-0.4, -0.2) is 37.7 Å². The molecule has 0 heterocycles. The Labute approximate surface area is 131 Å². The molecule has 114 valence electrons. The highest BCUT2D eigenvalue weighted by Gasteiger charge is 2.08. The summed E-state index contributed by atoms with van der Waals surface area (Å²) in [6.07, 6.45) is 4.07. The van der Waals surface area contributed by atoms with E-state index in [-0.39, 0.29) is 6.61 Å². The Bertz CT molecular complexity index is 542. The Kier molecular flexibility index (Phi) is 7.31. The van der Waals surface area contributed by atoms with E-state index in [9.17, 15) is 4.79 Å². The average Bonchev–Trinajstić information content (AvgIpc) is 2.46. The zero-order chi connectivity index (χ0) is 15.7. The summed E-state index contributed by atoms with van der Waals surface area (Å²) in [7, 11) is 1.53. The molecule has 0 bridgehead atoms. The molecule has 0 unspecified atom stereocenters. The number of methoxy groups -OCH3 is 1. The Morgan fingerprint density at radius 1 is 1.43 bits per heavy atom. The van der Waals surface area contributed by atoms with Gasteiger partial charge in [-0.15, -0.1) is 0 Å². The number of esters is 1. The molecule has 0 atom stereocenters. The van der Waals surface area contributed by atoms with E-state index in [4.69, 9.17) is 19.4 Å². The molecule has 7 heteroatoms. The number of hydrogen-bond donors (Lipinski definition) is 1. The van der Waals surface area contributed by atoms with Crippen LogP contribution in [0.5, 0.6) is 11.5 Å². The van der Waals surface area contributed by atoms with Crippen molar-refractivity contribution in [3.63, 3.8) is 0 Å². The summed E-state index contributed by atoms with van der Waals surface area (Å²) in [5.41, 5.74) is 0.544. The maximum atomic E-state index is 11.1. The number of rotatable bonds is 7. The molecule has 0 fully saturated rings. The van der Waals surface area contributed by atoms with Crippen molar-refractivity contribution in [2.75, 3.05) is 20.3 Å². The normalized spacial score (nSPS) is 11.0. The van der Waals surface area contributed by atoms with Gasteiger partial charge >= 0.3 is 5.97 Å². The van der Waals surface area contributed by atoms with Gasteiger partial charge in [-0.05, 0) is 41.1 Å². The number of carbonyl (C=O) groups excluding carboxylic acids is 1. The second-order valence-corrected chi connectivity index (χ2v) is 4.59. The van der Waals surface area contributed by atoms with Crippen LogP contribution in [0, 0.1) is 0 Å². The fraction of sp³-hybridized carbons (Fsp3) is 0.286. The number of benzene rings is 1. The number of ether oxygens (including phenoxy) is 3. The van der Waals surface area contributed by atoms with Gasteiger partial charge in [-0.1, -0.05) is 5.16 Å². The number of carbonyl (C=O) groups is 1. The van der Waals surface area contributed by atoms with E-state index in [1.165, 1.54) is 25.5 Å². The molecule has 1 N–H and O–H groups in total. The second-order valence-electron chi connectivity index (χ2n) is 3.73. The van der Waals surface area contributed by atoms with Gasteiger partial charge in [0.1, 0.15) is 18.1 Å². The standard InChI is InChI=1S/C14H16BrNO5/c1-3-20-14(17)5-4-6-21-12-8-11(15)13(19-2)7-10(12)9-16-18/h4-5,7-9,18H,3,6H2,1-2H3/b5-4+,16-9-. The molecule has 0 spiro atoms. The molecular weight excluding hydrogens is 342 g/mol. The lowest BCUT2D eigenvalue weighted by atomic mass is 10.2. The smallest absolute Gasteiger partial charge is 0.330 e. The van der Waals surface area contributed by atoms with Gasteiger partial charge in [-0.2, -0.15) is 0 Å². The van der Waals surface area contributed by atoms with Crippen molar-refractivity contribution in [1.82, 2.24) is 0 Å². The van der Waals surface area contributed by atoms with Gasteiger partial charge in [0, 0.05) is 11.6 Å². The summed E-state index contributed by atoms with van der Waals surface area (Å²) in [6.45, 7) is 2.23. The summed E-state index contributed by atoms with van der Waals surface area (Å²) >= 11 is 3.34. The molecule has 0 saturated carbocycles. The first-order valence-corrected chi connectivity index (χ1v) is 6.92. The second kappa shape index (κ2) is 9.02. The fourth-order valence-electron chi connectivity index (χ4n) is 1.47. The first-order valence-electron chi connectivity index (χ1n) is 6.13. The van der Waals surface area contributed by atoms with Crippen LogP contribution in [0.3, 0.4) is 0 Å². The quantitative estimate of drug-likeness (QED) is 0.267. The number of nitrogens with zero attached hydrogens (tertiary/aromatic N) is 1. The van der Waals surface area contributed by atoms with Crippen molar-refractivity contribution in [3.8, 4) is 11.5 Å². The van der Waals surface area contributed by atoms with Crippen LogP contribution >= 0.6 is 15.9 Å². The third-order valence-electron chi connectivity index (χ3n) is 2.36. The zero-order valence-corrected chi connectivity index (χ0v) is 13.3. The minimum Gasteiger partial charge on any atom is -0.496 e. The van der Waals surface area contributed by atoms with Crippen LogP contribution in [0.1, 0.15) is 12.5 Å². The maximum Gasteiger partial charge on any atom is 0.330 e. The van der Waals surface area contributed by atoms with Crippen LogP contribution in [-0.2, 0) is 9.53 Å². The van der Waals surface area contributed by atoms with Crippen molar-refractivity contribution in [3.05, 3.63) is 34.3 Å². The predicted molar refractivity (Wildman–Crippen MR) is 81.3 cm³/mol. The van der Waals surface area contributed by atoms with Crippen LogP contribution in [0.25, 0.3) is 0 Å². The number of halogens is 1. The Balaban J connectivity index is 2.78. The number of hydrogen-bond acceptors (Lipinski definition) is 6. The number of oxime groups is 1. The average molecular weight is 358 g/mol. The molecule has 1 aromatic rings. The van der Waals surface area contributed by atoms with E-state index in [1.54, 1.807) is 19.1 Å². The molecule has 21 heavy (non-hydrogen) atoms. The molecule has 0 radical (unpaired) electrons. The molecule has 6 nitrogen and oxygen atoms in total. The lowest BCUT2D eigenvalue weighted by Gasteiger charge is -2.10. The van der Waals surface area contributed by atoms with Crippen molar-refractivity contribution >= 4 is 28.1 Å². The SMILES string of the molecule is CCOC(=O)/C=C/COc1cc(Br)c(OC)cc1/C=N\O. The first kappa shape index (κ1) is 17.0. The molecule has 0 aliphatic carbocycles. The van der Waals surface area contributed by atoms with Gasteiger partial charge in [0.25, 0.3) is 0 Å². The van der Waals surface area contributed by atoms with Crippen LogP contribution in [0.15, 0.2) is 33.9 Å². The summed E-state index contributed by atoms with van der Waals surface area (Å²) in [4.78, 5) is 11.1. The fourth-order valence-corrected chi connectivity index (χ4v) is 1.95. The Morgan fingerprint density at radius 3 is 2.81 bits per heavy atom. The van der Waals surface area contributed by atoms with Crippen LogP contribution in [0.2, 0.25) is 0 Å². The highest BCUT2D eigenvalue weighted by atomic mass is 79.9. The topological polar surface area (TPSA) is 77.4 Å². The third kappa shape index (κ3) is 5.47. The Morgan fingerprint density at radius 2 is 2.19 bits per heavy atom. The molecule has 0 aliphatic heterocycles. The van der Waals surface area contributed by atoms with E-state index < -0.39 is 5.97 Å². The van der Waals surface area contributed by atoms with E-state index in [1.807, 2.05) is 0 Å². The maximum absolute atomic E-state index is 11.1. The summed E-state index contributed by atoms with van der Waals surface area (Å²) in [5.74, 6) is 0.641. The summed E-state index contributed by atoms with van der Waals surface area (Å²) in [6, 6.07) is 3.35. The lowest BCUT2D eigenvalue weighted by molar-refractivity contribution is -0.137. The molecule has 1 aromatic carbocycles. The minimum absolute atomic E-state index is 0.170. The molecule has 0 aliphatic rings. The third-order valence-corrected chi connectivity index (χ3v) is 2.98. The van der Waals surface area contributed by atoms with E-state index in [0.29, 0.717) is 28.1 Å². The predicted octanol–water partition coefficient (Wildman–Crippen LogP) is 2.76. The lowest BCUT2D eigenvalue weighted by Crippen LogP contribution is -2.02. The highest BCUT2D eigenvalue weighted by Crippen LogP contribution is 2.32. The van der Waals surface area contributed by atoms with Gasteiger partial charge in [0.2, 0.25) is 0 Å². The molecule has 1 rings (SSSR count). The zero-order valence-electron chi connectivity index (χ0n) is 11.7. The minimum atomic E-state index is -0.422. The van der Waals surface area contributed by atoms with Crippen molar-refractivity contribution < 1.29 is 24.2 Å². The van der Waals surface area contributed by atoms with Gasteiger partial charge < -0.3 is 19.4 Å². The van der Waals surface area contributed by atoms with Crippen molar-refractivity contribution in [2.24, 2.45) is 5.16 Å². The monoisotopic (exact) mass is 357 g/mol. The van der Waals surface area contributed by atoms with E-state index in [0.717, 1.165) is 0 Å². The van der Waals surface area contributed by atoms with Gasteiger partial charge in [0.05, 0.1) is 24.4 Å². The van der Waals surface area contributed by atoms with Gasteiger partial charge in [-0.3, -0.25) is 0 Å². The van der Waals surface area contributed by atoms with E-state index in [2.05, 4.69) is 21.1 Å². The van der Waals surface area contributed by atoms with Gasteiger partial charge in [-0.25, -0.2) is 4.79 Å². The van der Waals surface area contributed by atoms with Crippen molar-refractivity contribution in [1.29, 1.82) is 0 Å². The highest BCUT2D eigenvalue weighted by molar-refractivity contribution is 9.10. The summed E-state index contributed by atoms with van der Waals surface area (Å²) < 4.78 is 16.1. The Hall–Kier alpha value is -2.02. The van der Waals surface area contributed by atoms with E-state index >= 15 is 0 Å². The molecule has 0 saturated heterocycles. The molecular formula is C14H16BrNO5. The van der Waals surface area contributed by atoms with Crippen LogP contribution in [0.4, 0.5) is 0 Å².